The molecule has 0 heterocycles. The Labute approximate surface area is 664 Å². The van der Waals surface area contributed by atoms with Gasteiger partial charge in [-0.05, 0) is 141 Å². The molecule has 0 aromatic heterocycles. The molecule has 0 saturated carbocycles. The molecule has 0 aliphatic carbocycles. The van der Waals surface area contributed by atoms with Crippen LogP contribution in [0.1, 0.15) is 355 Å². The maximum absolute atomic E-state index is 13.0. The number of unbranched alkanes of at least 4 members (excludes halogenated alkanes) is 34. The number of allylic oxidation sites excluding steroid dienone is 24. The maximum atomic E-state index is 13.0. The summed E-state index contributed by atoms with van der Waals surface area (Å²) in [6.07, 6.45) is 103. The van der Waals surface area contributed by atoms with Gasteiger partial charge in [0.05, 0.1) is 26.4 Å². The van der Waals surface area contributed by atoms with Gasteiger partial charge in [-0.15, -0.1) is 0 Å². The fraction of sp³-hybridized carbons (Fsp3) is 0.703. The van der Waals surface area contributed by atoms with Gasteiger partial charge in [0.2, 0.25) is 0 Å². The summed E-state index contributed by atoms with van der Waals surface area (Å²) in [5.41, 5.74) is 0. The van der Waals surface area contributed by atoms with Crippen molar-refractivity contribution in [2.45, 2.75) is 373 Å². The number of aliphatic hydroxyl groups is 2. The molecule has 0 aliphatic heterocycles. The van der Waals surface area contributed by atoms with E-state index in [0.717, 1.165) is 167 Å². The van der Waals surface area contributed by atoms with Gasteiger partial charge in [0.25, 0.3) is 0 Å². The fourth-order valence-corrected chi connectivity index (χ4v) is 13.1. The molecule has 5 unspecified atom stereocenters. The number of phosphoric ester groups is 2. The zero-order valence-corrected chi connectivity index (χ0v) is 70.5. The fourth-order valence-electron chi connectivity index (χ4n) is 11.5. The molecule has 0 rings (SSSR count). The zero-order valence-electron chi connectivity index (χ0n) is 68.7. The molecule has 4 N–H and O–H groups in total. The lowest BCUT2D eigenvalue weighted by atomic mass is 10.0. The third kappa shape index (κ3) is 84.2. The van der Waals surface area contributed by atoms with Gasteiger partial charge in [-0.2, -0.15) is 0 Å². The molecule has 626 valence electrons. The van der Waals surface area contributed by atoms with Crippen LogP contribution in [0.2, 0.25) is 0 Å². The lowest BCUT2D eigenvalue weighted by molar-refractivity contribution is -0.161. The predicted molar refractivity (Wildman–Crippen MR) is 454 cm³/mol. The first kappa shape index (κ1) is 104. The van der Waals surface area contributed by atoms with Gasteiger partial charge in [0, 0.05) is 19.3 Å². The van der Waals surface area contributed by atoms with Gasteiger partial charge in [-0.3, -0.25) is 32.5 Å². The van der Waals surface area contributed by atoms with Crippen molar-refractivity contribution in [2.24, 2.45) is 0 Å². The summed E-state index contributed by atoms with van der Waals surface area (Å²) in [6.45, 7) is 2.45. The normalized spacial score (nSPS) is 14.6. The first-order chi connectivity index (χ1) is 53.2. The first-order valence-electron chi connectivity index (χ1n) is 43.1. The minimum absolute atomic E-state index is 0.0927. The Balaban J connectivity index is 4.43. The third-order valence-corrected chi connectivity index (χ3v) is 19.9. The predicted octanol–water partition coefficient (Wildman–Crippen LogP) is 26.0. The van der Waals surface area contributed by atoms with Crippen LogP contribution >= 0.6 is 15.6 Å². The number of esters is 3. The second kappa shape index (κ2) is 82.9. The van der Waals surface area contributed by atoms with Gasteiger partial charge in [0.1, 0.15) is 25.4 Å². The van der Waals surface area contributed by atoms with E-state index in [2.05, 4.69) is 167 Å². The van der Waals surface area contributed by atoms with Crippen LogP contribution in [0.25, 0.3) is 0 Å². The molecule has 5 atom stereocenters. The number of hydrogen-bond acceptors (Lipinski definition) is 14. The maximum Gasteiger partial charge on any atom is 0.472 e. The van der Waals surface area contributed by atoms with Crippen molar-refractivity contribution in [1.82, 2.24) is 0 Å². The summed E-state index contributed by atoms with van der Waals surface area (Å²) in [4.78, 5) is 58.7. The van der Waals surface area contributed by atoms with Gasteiger partial charge < -0.3 is 34.2 Å². The van der Waals surface area contributed by atoms with Crippen LogP contribution in [-0.4, -0.2) is 95.9 Å². The van der Waals surface area contributed by atoms with Crippen LogP contribution in [0.3, 0.4) is 0 Å². The Morgan fingerprint density at radius 2 is 0.486 bits per heavy atom. The van der Waals surface area contributed by atoms with E-state index in [1.807, 2.05) is 0 Å². The highest BCUT2D eigenvalue weighted by Gasteiger charge is 2.29. The second-order valence-electron chi connectivity index (χ2n) is 28.6. The van der Waals surface area contributed by atoms with E-state index < -0.39 is 91.5 Å². The SMILES string of the molecule is CC/C=C\C/C=C\C/C=C\C/C=C\C/C=C\C/C=C\CCCCCCCCCCCCCCCCC(=O)OCC(O)COP(=O)(O)OCC(O)COP(=O)(O)OCC(COC(=O)CCCCCCCCCCCCC/C=C\C/C=C\C/C=C\C/C=C\C/C=C\CC)OC(=O)CCCCCCC/C=C\CCCCCC. The number of ether oxygens (including phenoxy) is 3. The number of rotatable bonds is 81. The van der Waals surface area contributed by atoms with Crippen molar-refractivity contribution in [2.75, 3.05) is 39.6 Å². The van der Waals surface area contributed by atoms with Crippen molar-refractivity contribution in [3.8, 4) is 0 Å². The van der Waals surface area contributed by atoms with Crippen molar-refractivity contribution in [3.63, 3.8) is 0 Å². The van der Waals surface area contributed by atoms with Gasteiger partial charge >= 0.3 is 33.6 Å². The number of hydrogen-bond donors (Lipinski definition) is 4. The molecule has 0 bridgehead atoms. The summed E-state index contributed by atoms with van der Waals surface area (Å²) in [5.74, 6) is -1.58. The molecule has 0 aromatic carbocycles. The van der Waals surface area contributed by atoms with Crippen LogP contribution in [0.4, 0.5) is 0 Å². The summed E-state index contributed by atoms with van der Waals surface area (Å²) in [7, 11) is -9.80. The molecular weight excluding hydrogens is 1410 g/mol. The Morgan fingerprint density at radius 3 is 0.780 bits per heavy atom. The second-order valence-corrected chi connectivity index (χ2v) is 31.5. The van der Waals surface area contributed by atoms with E-state index in [1.54, 1.807) is 0 Å². The Kier molecular flexibility index (Phi) is 79.4. The van der Waals surface area contributed by atoms with Crippen LogP contribution in [0.15, 0.2) is 146 Å². The average molecular weight is 1570 g/mol. The summed E-state index contributed by atoms with van der Waals surface area (Å²) >= 11 is 0. The zero-order chi connectivity index (χ0) is 79.4. The van der Waals surface area contributed by atoms with E-state index in [-0.39, 0.29) is 19.3 Å². The van der Waals surface area contributed by atoms with E-state index in [4.69, 9.17) is 32.3 Å². The van der Waals surface area contributed by atoms with Crippen LogP contribution in [0, 0.1) is 0 Å². The summed E-state index contributed by atoms with van der Waals surface area (Å²) in [6, 6.07) is 0. The van der Waals surface area contributed by atoms with Gasteiger partial charge in [0.15, 0.2) is 6.10 Å². The first-order valence-corrected chi connectivity index (χ1v) is 46.1. The standard InChI is InChI=1S/C91H156O16P2/c1-4-7-10-13-16-19-22-25-27-29-31-33-35-37-39-40-41-42-43-44-46-48-49-51-53-55-57-60-62-65-68-71-74-77-89(94)101-80-86(92)81-103-108(97,98)104-82-87(93)83-105-109(99,100)106-85-88(107-91(96)79-76-73-70-67-64-59-24-21-18-15-12-9-6-3)84-102-90(95)78-75-72-69-66-63-61-58-56-54-52-50-47-45-38-36-34-32-30-28-26-23-20-17-14-11-8-5-2/h7-8,10-11,16-17,19-21,24-28,31-34,37-39,41-42,45,86-88,92-93H,4-6,9,12-15,18,22-23,29-30,35-36,40,43-44,46-85H2,1-3H3,(H,97,98)(H,99,100)/b10-7-,11-8-,19-16-,20-17-,24-21-,27-25-,28-26-,33-31-,34-32-,39-37-,42-41-,45-38-. The molecule has 0 radical (unpaired) electrons. The van der Waals surface area contributed by atoms with Gasteiger partial charge in [-0.1, -0.05) is 340 Å². The molecule has 0 saturated heterocycles. The average Bonchev–Trinajstić information content (AvgIpc) is 0.915. The molecule has 0 fully saturated rings. The van der Waals surface area contributed by atoms with Crippen molar-refractivity contribution in [1.29, 1.82) is 0 Å². The number of carbonyl (C=O) groups excluding carboxylic acids is 3. The summed E-state index contributed by atoms with van der Waals surface area (Å²) < 4.78 is 61.3. The highest BCUT2D eigenvalue weighted by Crippen LogP contribution is 2.45. The molecule has 0 amide bonds. The van der Waals surface area contributed by atoms with Crippen molar-refractivity contribution < 1.29 is 75.8 Å². The monoisotopic (exact) mass is 1570 g/mol. The number of aliphatic hydroxyl groups excluding tert-OH is 2. The Morgan fingerprint density at radius 1 is 0.266 bits per heavy atom. The van der Waals surface area contributed by atoms with E-state index in [9.17, 15) is 43.5 Å². The van der Waals surface area contributed by atoms with E-state index in [0.29, 0.717) is 19.3 Å². The number of carbonyl (C=O) groups is 3. The smallest absolute Gasteiger partial charge is 0.463 e. The molecule has 16 nitrogen and oxygen atoms in total. The minimum atomic E-state index is -4.94. The lowest BCUT2D eigenvalue weighted by Gasteiger charge is -2.21. The topological polar surface area (TPSA) is 231 Å². The van der Waals surface area contributed by atoms with Gasteiger partial charge in [-0.25, -0.2) is 9.13 Å². The summed E-state index contributed by atoms with van der Waals surface area (Å²) in [5, 5.41) is 20.7. The van der Waals surface area contributed by atoms with Crippen LogP contribution in [0.5, 0.6) is 0 Å². The van der Waals surface area contributed by atoms with E-state index >= 15 is 0 Å². The highest BCUT2D eigenvalue weighted by atomic mass is 31.2. The van der Waals surface area contributed by atoms with Crippen LogP contribution < -0.4 is 0 Å². The molecule has 0 aliphatic rings. The number of phosphoric acid groups is 2. The molecule has 18 heteroatoms. The highest BCUT2D eigenvalue weighted by molar-refractivity contribution is 7.47. The van der Waals surface area contributed by atoms with Crippen molar-refractivity contribution >= 4 is 33.6 Å². The quantitative estimate of drug-likeness (QED) is 0.0146. The molecular formula is C91H156O16P2. The lowest BCUT2D eigenvalue weighted by Crippen LogP contribution is -2.30. The molecule has 0 spiro atoms. The van der Waals surface area contributed by atoms with Crippen LogP contribution in [-0.2, 0) is 55.8 Å². The Bertz CT molecular complexity index is 2560. The Hall–Kier alpha value is -4.57. The molecule has 109 heavy (non-hydrogen) atoms. The largest absolute Gasteiger partial charge is 0.472 e. The third-order valence-electron chi connectivity index (χ3n) is 18.0. The molecule has 0 aromatic rings. The minimum Gasteiger partial charge on any atom is -0.463 e. The van der Waals surface area contributed by atoms with Crippen molar-refractivity contribution in [3.05, 3.63) is 146 Å². The van der Waals surface area contributed by atoms with E-state index in [1.165, 1.54) is 128 Å².